The van der Waals surface area contributed by atoms with Crippen LogP contribution in [0.15, 0.2) is 4.42 Å². The summed E-state index contributed by atoms with van der Waals surface area (Å²) in [5.74, 6) is 2.07. The summed E-state index contributed by atoms with van der Waals surface area (Å²) in [4.78, 5) is 26.8. The number of piperidine rings is 1. The van der Waals surface area contributed by atoms with Crippen molar-refractivity contribution in [3.05, 3.63) is 22.6 Å². The molecule has 2 fully saturated rings. The van der Waals surface area contributed by atoms with Gasteiger partial charge in [-0.1, -0.05) is 0 Å². The van der Waals surface area contributed by atoms with E-state index in [-0.39, 0.29) is 11.7 Å². The number of fused-ring (bicyclic) bond motifs is 1. The van der Waals surface area contributed by atoms with Crippen molar-refractivity contribution in [2.45, 2.75) is 57.9 Å². The van der Waals surface area contributed by atoms with Crippen LogP contribution in [0.1, 0.15) is 70.8 Å². The molecule has 2 aliphatic carbocycles. The highest BCUT2D eigenvalue weighted by molar-refractivity contribution is 6.03. The fraction of sp³-hybridized carbons (Fsp3) is 0.684. The number of hydrogen-bond donors (Lipinski definition) is 1. The Kier molecular flexibility index (Phi) is 4.21. The molecule has 4 rings (SSSR count). The molecule has 0 aromatic carbocycles. The summed E-state index contributed by atoms with van der Waals surface area (Å²) in [6.45, 7) is 4.51. The third-order valence-electron chi connectivity index (χ3n) is 5.67. The summed E-state index contributed by atoms with van der Waals surface area (Å²) >= 11 is 0. The van der Waals surface area contributed by atoms with E-state index in [1.165, 1.54) is 12.8 Å². The van der Waals surface area contributed by atoms with Crippen molar-refractivity contribution < 1.29 is 14.0 Å². The van der Waals surface area contributed by atoms with E-state index in [0.717, 1.165) is 56.8 Å². The maximum atomic E-state index is 12.8. The fourth-order valence-electron chi connectivity index (χ4n) is 3.94. The van der Waals surface area contributed by atoms with Gasteiger partial charge in [0.15, 0.2) is 11.5 Å². The standard InChI is InChI=1S/C19H26N2O3/c1-12-17-15(22)3-2-4-16(17)24-18(12)19(23)21-9-7-14(8-10-21)20-11-13-5-6-13/h13-14,20H,2-11H2,1H3. The van der Waals surface area contributed by atoms with E-state index in [1.807, 2.05) is 11.8 Å². The smallest absolute Gasteiger partial charge is 0.289 e. The molecule has 1 saturated heterocycles. The quantitative estimate of drug-likeness (QED) is 0.922. The average Bonchev–Trinajstić information content (AvgIpc) is 3.36. The maximum absolute atomic E-state index is 12.8. The Balaban J connectivity index is 1.40. The molecule has 5 nitrogen and oxygen atoms in total. The van der Waals surface area contributed by atoms with Gasteiger partial charge in [-0.25, -0.2) is 0 Å². The number of nitrogens with one attached hydrogen (secondary N) is 1. The van der Waals surface area contributed by atoms with Crippen molar-refractivity contribution in [2.75, 3.05) is 19.6 Å². The van der Waals surface area contributed by atoms with Crippen LogP contribution in [0.4, 0.5) is 0 Å². The second-order valence-electron chi connectivity index (χ2n) is 7.55. The Morgan fingerprint density at radius 3 is 2.62 bits per heavy atom. The molecule has 1 saturated carbocycles. The Labute approximate surface area is 142 Å². The predicted octanol–water partition coefficient (Wildman–Crippen LogP) is 2.71. The minimum atomic E-state index is -0.0460. The number of Topliss-reactive ketones (excluding diaryl/α,β-unsaturated/α-hetero) is 1. The van der Waals surface area contributed by atoms with Gasteiger partial charge in [0.05, 0.1) is 5.56 Å². The lowest BCUT2D eigenvalue weighted by molar-refractivity contribution is 0.0669. The van der Waals surface area contributed by atoms with Gasteiger partial charge in [0.2, 0.25) is 0 Å². The normalized spacial score (nSPS) is 21.9. The van der Waals surface area contributed by atoms with Crippen molar-refractivity contribution in [3.63, 3.8) is 0 Å². The second kappa shape index (κ2) is 6.36. The van der Waals surface area contributed by atoms with Gasteiger partial charge in [0, 0.05) is 37.5 Å². The number of carbonyl (C=O) groups excluding carboxylic acids is 2. The van der Waals surface area contributed by atoms with E-state index in [2.05, 4.69) is 5.32 Å². The highest BCUT2D eigenvalue weighted by Gasteiger charge is 2.32. The lowest BCUT2D eigenvalue weighted by Crippen LogP contribution is -2.45. The molecule has 1 amide bonds. The van der Waals surface area contributed by atoms with E-state index in [4.69, 9.17) is 4.42 Å². The van der Waals surface area contributed by atoms with Crippen molar-refractivity contribution in [1.82, 2.24) is 10.2 Å². The maximum Gasteiger partial charge on any atom is 0.289 e. The number of amides is 1. The van der Waals surface area contributed by atoms with Crippen LogP contribution in [0.25, 0.3) is 0 Å². The van der Waals surface area contributed by atoms with Crippen molar-refractivity contribution in [2.24, 2.45) is 5.92 Å². The average molecular weight is 330 g/mol. The molecule has 1 aromatic heterocycles. The zero-order valence-electron chi connectivity index (χ0n) is 14.4. The third-order valence-corrected chi connectivity index (χ3v) is 5.67. The second-order valence-corrected chi connectivity index (χ2v) is 7.55. The number of hydrogen-bond acceptors (Lipinski definition) is 4. The van der Waals surface area contributed by atoms with Gasteiger partial charge in [-0.15, -0.1) is 0 Å². The van der Waals surface area contributed by atoms with Crippen LogP contribution in [0.5, 0.6) is 0 Å². The predicted molar refractivity (Wildman–Crippen MR) is 90.4 cm³/mol. The van der Waals surface area contributed by atoms with Gasteiger partial charge in [-0.2, -0.15) is 0 Å². The number of likely N-dealkylation sites (tertiary alicyclic amines) is 1. The van der Waals surface area contributed by atoms with Crippen LogP contribution in [0.3, 0.4) is 0 Å². The largest absolute Gasteiger partial charge is 0.455 e. The molecule has 0 radical (unpaired) electrons. The molecule has 0 atom stereocenters. The molecule has 0 bridgehead atoms. The zero-order valence-corrected chi connectivity index (χ0v) is 14.4. The minimum absolute atomic E-state index is 0.0460. The Hall–Kier alpha value is -1.62. The molecule has 1 aromatic rings. The monoisotopic (exact) mass is 330 g/mol. The Morgan fingerprint density at radius 2 is 1.96 bits per heavy atom. The first-order chi connectivity index (χ1) is 11.6. The number of aryl methyl sites for hydroxylation is 1. The highest BCUT2D eigenvalue weighted by Crippen LogP contribution is 2.31. The topological polar surface area (TPSA) is 62.6 Å². The summed E-state index contributed by atoms with van der Waals surface area (Å²) in [5.41, 5.74) is 1.42. The van der Waals surface area contributed by atoms with Crippen LogP contribution < -0.4 is 5.32 Å². The molecule has 0 spiro atoms. The van der Waals surface area contributed by atoms with Gasteiger partial charge in [0.25, 0.3) is 5.91 Å². The molecule has 2 heterocycles. The summed E-state index contributed by atoms with van der Waals surface area (Å²) in [7, 11) is 0. The first-order valence-corrected chi connectivity index (χ1v) is 9.31. The number of furan rings is 1. The zero-order chi connectivity index (χ0) is 16.7. The summed E-state index contributed by atoms with van der Waals surface area (Å²) in [5, 5.41) is 3.63. The van der Waals surface area contributed by atoms with Gasteiger partial charge < -0.3 is 14.6 Å². The van der Waals surface area contributed by atoms with Gasteiger partial charge in [0.1, 0.15) is 5.76 Å². The molecule has 1 aliphatic heterocycles. The highest BCUT2D eigenvalue weighted by atomic mass is 16.4. The number of carbonyl (C=O) groups is 2. The van der Waals surface area contributed by atoms with Crippen LogP contribution in [0.2, 0.25) is 0 Å². The number of rotatable bonds is 4. The molecular weight excluding hydrogens is 304 g/mol. The number of ketones is 1. The molecule has 3 aliphatic rings. The minimum Gasteiger partial charge on any atom is -0.455 e. The van der Waals surface area contributed by atoms with Crippen molar-refractivity contribution in [3.8, 4) is 0 Å². The van der Waals surface area contributed by atoms with E-state index < -0.39 is 0 Å². The Bertz CT molecular complexity index is 652. The van der Waals surface area contributed by atoms with Crippen molar-refractivity contribution in [1.29, 1.82) is 0 Å². The fourth-order valence-corrected chi connectivity index (χ4v) is 3.94. The van der Waals surface area contributed by atoms with Gasteiger partial charge in [-0.05, 0) is 51.5 Å². The first kappa shape index (κ1) is 15.9. The summed E-state index contributed by atoms with van der Waals surface area (Å²) in [6, 6.07) is 0.530. The van der Waals surface area contributed by atoms with E-state index in [9.17, 15) is 9.59 Å². The van der Waals surface area contributed by atoms with Crippen LogP contribution in [-0.2, 0) is 6.42 Å². The van der Waals surface area contributed by atoms with Gasteiger partial charge in [-0.3, -0.25) is 9.59 Å². The van der Waals surface area contributed by atoms with Crippen LogP contribution >= 0.6 is 0 Å². The molecule has 24 heavy (non-hydrogen) atoms. The van der Waals surface area contributed by atoms with E-state index in [1.54, 1.807) is 0 Å². The van der Waals surface area contributed by atoms with Gasteiger partial charge >= 0.3 is 0 Å². The lowest BCUT2D eigenvalue weighted by Gasteiger charge is -2.32. The molecule has 0 unspecified atom stereocenters. The molecule has 130 valence electrons. The number of nitrogens with zero attached hydrogens (tertiary/aromatic N) is 1. The van der Waals surface area contributed by atoms with Crippen LogP contribution in [-0.4, -0.2) is 42.3 Å². The SMILES string of the molecule is Cc1c(C(=O)N2CCC(NCC3CC3)CC2)oc2c1C(=O)CCC2. The van der Waals surface area contributed by atoms with Crippen LogP contribution in [0, 0.1) is 12.8 Å². The third kappa shape index (κ3) is 3.02. The van der Waals surface area contributed by atoms with Crippen molar-refractivity contribution >= 4 is 11.7 Å². The first-order valence-electron chi connectivity index (χ1n) is 9.31. The molecule has 1 N–H and O–H groups in total. The lowest BCUT2D eigenvalue weighted by atomic mass is 9.94. The van der Waals surface area contributed by atoms with E-state index in [0.29, 0.717) is 29.5 Å². The Morgan fingerprint density at radius 1 is 1.21 bits per heavy atom. The summed E-state index contributed by atoms with van der Waals surface area (Å²) < 4.78 is 5.81. The summed E-state index contributed by atoms with van der Waals surface area (Å²) in [6.07, 6.45) is 6.89. The molecule has 5 heteroatoms. The molecular formula is C19H26N2O3. The van der Waals surface area contributed by atoms with E-state index >= 15 is 0 Å².